The minimum absolute atomic E-state index is 0.0667. The first-order chi connectivity index (χ1) is 11.6. The van der Waals surface area contributed by atoms with E-state index in [2.05, 4.69) is 16.9 Å². The molecule has 24 heavy (non-hydrogen) atoms. The monoisotopic (exact) mass is 349 g/mol. The molecule has 0 aliphatic heterocycles. The number of aromatic nitrogens is 1. The number of imide groups is 1. The number of ether oxygens (including phenoxy) is 1. The Morgan fingerprint density at radius 3 is 2.88 bits per heavy atom. The second kappa shape index (κ2) is 8.73. The van der Waals surface area contributed by atoms with Gasteiger partial charge in [-0.25, -0.2) is 9.78 Å². The molecule has 0 atom stereocenters. The predicted molar refractivity (Wildman–Crippen MR) is 87.4 cm³/mol. The molecule has 0 unspecified atom stereocenters. The molecule has 2 aromatic rings. The van der Waals surface area contributed by atoms with Crippen molar-refractivity contribution in [3.05, 3.63) is 36.9 Å². The Kier molecular flexibility index (Phi) is 6.38. The van der Waals surface area contributed by atoms with Crippen molar-refractivity contribution in [1.82, 2.24) is 15.6 Å². The van der Waals surface area contributed by atoms with Gasteiger partial charge in [-0.2, -0.15) is 0 Å². The molecule has 9 heteroatoms. The Bertz CT molecular complexity index is 725. The fourth-order valence-electron chi connectivity index (χ4n) is 1.59. The van der Waals surface area contributed by atoms with Crippen LogP contribution in [0.3, 0.4) is 0 Å². The van der Waals surface area contributed by atoms with E-state index in [0.29, 0.717) is 16.3 Å². The highest BCUT2D eigenvalue weighted by Gasteiger charge is 2.13. The largest absolute Gasteiger partial charge is 0.455 e. The molecule has 0 radical (unpaired) electrons. The summed E-state index contributed by atoms with van der Waals surface area (Å²) < 4.78 is 10.2. The highest BCUT2D eigenvalue weighted by Crippen LogP contribution is 2.22. The van der Waals surface area contributed by atoms with E-state index in [4.69, 9.17) is 9.15 Å². The summed E-state index contributed by atoms with van der Waals surface area (Å²) in [5.41, 5.74) is 1.32. The Balaban J connectivity index is 1.70. The molecule has 1 heterocycles. The Labute approximate surface area is 141 Å². The molecule has 8 nitrogen and oxygen atoms in total. The van der Waals surface area contributed by atoms with Crippen LogP contribution in [-0.2, 0) is 14.3 Å². The maximum absolute atomic E-state index is 11.6. The van der Waals surface area contributed by atoms with Crippen LogP contribution in [0.4, 0.5) is 4.79 Å². The first-order valence-corrected chi connectivity index (χ1v) is 7.89. The maximum atomic E-state index is 11.6. The number of nitrogens with one attached hydrogen (secondary N) is 2. The number of amides is 3. The van der Waals surface area contributed by atoms with E-state index in [1.165, 1.54) is 6.08 Å². The van der Waals surface area contributed by atoms with Crippen molar-refractivity contribution >= 4 is 40.8 Å². The predicted octanol–water partition coefficient (Wildman–Crippen LogP) is 1.47. The number of esters is 1. The fourth-order valence-corrected chi connectivity index (χ4v) is 2.23. The smallest absolute Gasteiger partial charge is 0.321 e. The van der Waals surface area contributed by atoms with Crippen molar-refractivity contribution in [3.8, 4) is 0 Å². The van der Waals surface area contributed by atoms with Gasteiger partial charge in [0.05, 0.1) is 0 Å². The van der Waals surface area contributed by atoms with E-state index >= 15 is 0 Å². The number of oxazole rings is 1. The van der Waals surface area contributed by atoms with E-state index < -0.39 is 24.5 Å². The number of benzene rings is 1. The minimum atomic E-state index is -0.725. The van der Waals surface area contributed by atoms with Gasteiger partial charge in [-0.15, -0.1) is 6.58 Å². The van der Waals surface area contributed by atoms with Gasteiger partial charge in [0.2, 0.25) is 0 Å². The molecule has 2 N–H and O–H groups in total. The van der Waals surface area contributed by atoms with Gasteiger partial charge in [0.1, 0.15) is 11.3 Å². The standard InChI is InChI=1S/C15H15N3O5S/c1-2-7-16-14(21)18-12(19)8-22-13(20)9-24-15-17-10-5-3-4-6-11(10)23-15/h2-6H,1,7-9H2,(H2,16,18,19,21). The molecule has 0 bridgehead atoms. The van der Waals surface area contributed by atoms with E-state index in [9.17, 15) is 14.4 Å². The van der Waals surface area contributed by atoms with Gasteiger partial charge in [-0.1, -0.05) is 30.0 Å². The quantitative estimate of drug-likeness (QED) is 0.442. The third kappa shape index (κ3) is 5.43. The van der Waals surface area contributed by atoms with Gasteiger partial charge in [0, 0.05) is 6.54 Å². The summed E-state index contributed by atoms with van der Waals surface area (Å²) in [7, 11) is 0. The lowest BCUT2D eigenvalue weighted by molar-refractivity contribution is -0.145. The van der Waals surface area contributed by atoms with Gasteiger partial charge in [-0.05, 0) is 12.1 Å². The van der Waals surface area contributed by atoms with Crippen molar-refractivity contribution in [2.24, 2.45) is 0 Å². The molecule has 0 aliphatic carbocycles. The molecule has 1 aromatic carbocycles. The third-order valence-electron chi connectivity index (χ3n) is 2.61. The SMILES string of the molecule is C=CCNC(=O)NC(=O)COC(=O)CSc1nc2ccccc2o1. The molecule has 0 saturated carbocycles. The van der Waals surface area contributed by atoms with Crippen molar-refractivity contribution in [2.75, 3.05) is 18.9 Å². The summed E-state index contributed by atoms with van der Waals surface area (Å²) in [5, 5.41) is 4.70. The molecule has 126 valence electrons. The van der Waals surface area contributed by atoms with Crippen LogP contribution in [0.15, 0.2) is 46.6 Å². The summed E-state index contributed by atoms with van der Waals surface area (Å²) in [6.45, 7) is 3.09. The number of rotatable bonds is 7. The molecular formula is C15H15N3O5S. The highest BCUT2D eigenvalue weighted by atomic mass is 32.2. The van der Waals surface area contributed by atoms with Crippen molar-refractivity contribution < 1.29 is 23.5 Å². The number of thioether (sulfide) groups is 1. The summed E-state index contributed by atoms with van der Waals surface area (Å²) in [5.74, 6) is -1.41. The Morgan fingerprint density at radius 2 is 2.12 bits per heavy atom. The number of hydrogen-bond donors (Lipinski definition) is 2. The molecule has 0 saturated heterocycles. The van der Waals surface area contributed by atoms with Gasteiger partial charge in [-0.3, -0.25) is 14.9 Å². The number of para-hydroxylation sites is 2. The van der Waals surface area contributed by atoms with Gasteiger partial charge < -0.3 is 14.5 Å². The van der Waals surface area contributed by atoms with Crippen LogP contribution >= 0.6 is 11.8 Å². The average molecular weight is 349 g/mol. The third-order valence-corrected chi connectivity index (χ3v) is 3.41. The topological polar surface area (TPSA) is 111 Å². The number of urea groups is 1. The molecule has 0 spiro atoms. The van der Waals surface area contributed by atoms with Crippen LogP contribution in [0.1, 0.15) is 0 Å². The lowest BCUT2D eigenvalue weighted by Crippen LogP contribution is -2.41. The number of carbonyl (C=O) groups is 3. The lowest BCUT2D eigenvalue weighted by atomic mass is 10.3. The zero-order valence-corrected chi connectivity index (χ0v) is 13.4. The zero-order valence-electron chi connectivity index (χ0n) is 12.6. The second-order valence-corrected chi connectivity index (χ2v) is 5.37. The van der Waals surface area contributed by atoms with E-state index in [1.807, 2.05) is 17.4 Å². The summed E-state index contributed by atoms with van der Waals surface area (Å²) in [6, 6.07) is 6.53. The number of hydrogen-bond acceptors (Lipinski definition) is 7. The van der Waals surface area contributed by atoms with Gasteiger partial charge in [0.25, 0.3) is 11.1 Å². The van der Waals surface area contributed by atoms with Crippen LogP contribution in [0.2, 0.25) is 0 Å². The minimum Gasteiger partial charge on any atom is -0.455 e. The van der Waals surface area contributed by atoms with Crippen molar-refractivity contribution in [2.45, 2.75) is 5.22 Å². The Hall–Kier alpha value is -2.81. The number of nitrogens with zero attached hydrogens (tertiary/aromatic N) is 1. The van der Waals surface area contributed by atoms with E-state index in [1.54, 1.807) is 12.1 Å². The average Bonchev–Trinajstić information content (AvgIpc) is 2.99. The fraction of sp³-hybridized carbons (Fsp3) is 0.200. The number of carbonyl (C=O) groups excluding carboxylic acids is 3. The molecule has 3 amide bonds. The van der Waals surface area contributed by atoms with Crippen LogP contribution in [0.25, 0.3) is 11.1 Å². The van der Waals surface area contributed by atoms with Crippen LogP contribution < -0.4 is 10.6 Å². The normalized spacial score (nSPS) is 10.2. The highest BCUT2D eigenvalue weighted by molar-refractivity contribution is 7.99. The van der Waals surface area contributed by atoms with Crippen molar-refractivity contribution in [3.63, 3.8) is 0 Å². The summed E-state index contributed by atoms with van der Waals surface area (Å²) >= 11 is 1.06. The number of fused-ring (bicyclic) bond motifs is 1. The van der Waals surface area contributed by atoms with E-state index in [-0.39, 0.29) is 12.3 Å². The molecule has 0 aliphatic rings. The van der Waals surface area contributed by atoms with Gasteiger partial charge in [0.15, 0.2) is 12.2 Å². The van der Waals surface area contributed by atoms with Crippen molar-refractivity contribution in [1.29, 1.82) is 0 Å². The zero-order chi connectivity index (χ0) is 17.4. The van der Waals surface area contributed by atoms with E-state index in [0.717, 1.165) is 11.8 Å². The van der Waals surface area contributed by atoms with Crippen LogP contribution in [0, 0.1) is 0 Å². The van der Waals surface area contributed by atoms with Crippen LogP contribution in [0.5, 0.6) is 0 Å². The maximum Gasteiger partial charge on any atom is 0.321 e. The summed E-state index contributed by atoms with van der Waals surface area (Å²) in [4.78, 5) is 38.4. The first kappa shape index (κ1) is 17.5. The van der Waals surface area contributed by atoms with Gasteiger partial charge >= 0.3 is 12.0 Å². The lowest BCUT2D eigenvalue weighted by Gasteiger charge is -2.05. The summed E-state index contributed by atoms with van der Waals surface area (Å²) in [6.07, 6.45) is 1.47. The molecular weight excluding hydrogens is 334 g/mol. The molecule has 1 aromatic heterocycles. The second-order valence-electron chi connectivity index (χ2n) is 4.44. The molecule has 2 rings (SSSR count). The molecule has 0 fully saturated rings. The Morgan fingerprint density at radius 1 is 1.33 bits per heavy atom. The van der Waals surface area contributed by atoms with Crippen LogP contribution in [-0.4, -0.2) is 41.8 Å². The first-order valence-electron chi connectivity index (χ1n) is 6.91.